The van der Waals surface area contributed by atoms with Crippen molar-refractivity contribution in [3.05, 3.63) is 0 Å². The Labute approximate surface area is 84.0 Å². The predicted molar refractivity (Wildman–Crippen MR) is 55.8 cm³/mol. The van der Waals surface area contributed by atoms with Crippen LogP contribution < -0.4 is 17.2 Å². The molecule has 0 amide bonds. The number of rotatable bonds is 6. The van der Waals surface area contributed by atoms with Gasteiger partial charge in [-0.05, 0) is 0 Å². The van der Waals surface area contributed by atoms with Gasteiger partial charge in [0.2, 0.25) is 0 Å². The van der Waals surface area contributed by atoms with E-state index in [2.05, 4.69) is 11.5 Å². The van der Waals surface area contributed by atoms with Crippen molar-refractivity contribution < 1.29 is 10.2 Å². The van der Waals surface area contributed by atoms with E-state index in [1.165, 1.54) is 0 Å². The van der Waals surface area contributed by atoms with Crippen LogP contribution in [0.1, 0.15) is 0 Å². The van der Waals surface area contributed by atoms with Crippen molar-refractivity contribution >= 4 is 5.96 Å². The summed E-state index contributed by atoms with van der Waals surface area (Å²) in [5.41, 5.74) is 14.2. The van der Waals surface area contributed by atoms with Crippen LogP contribution in [-0.2, 0) is 0 Å². The minimum Gasteiger partial charge on any atom is -0.395 e. The average Bonchev–Trinajstić information content (AvgIpc) is 2.04. The molecule has 9 N–H and O–H groups in total. The van der Waals surface area contributed by atoms with Gasteiger partial charge in [-0.15, -0.1) is 0 Å². The normalized spacial score (nSPS) is 9.43. The fraction of sp³-hybridized carbons (Fsp3) is 0.857. The van der Waals surface area contributed by atoms with Gasteiger partial charge in [-0.2, -0.15) is 0 Å². The van der Waals surface area contributed by atoms with Crippen LogP contribution in [0.5, 0.6) is 0 Å². The van der Waals surface area contributed by atoms with Crippen LogP contribution in [0, 0.1) is 5.41 Å². The molecular formula is C7H21N5O2. The van der Waals surface area contributed by atoms with Crippen molar-refractivity contribution in [2.24, 2.45) is 17.2 Å². The molecule has 0 aromatic heterocycles. The lowest BCUT2D eigenvalue weighted by atomic mass is 10.4. The van der Waals surface area contributed by atoms with E-state index in [-0.39, 0.29) is 19.2 Å². The maximum absolute atomic E-state index is 8.53. The van der Waals surface area contributed by atoms with Gasteiger partial charge in [0.05, 0.1) is 13.2 Å². The van der Waals surface area contributed by atoms with E-state index in [1.807, 2.05) is 4.90 Å². The van der Waals surface area contributed by atoms with E-state index in [1.54, 1.807) is 0 Å². The Morgan fingerprint density at radius 1 is 1.07 bits per heavy atom. The van der Waals surface area contributed by atoms with Gasteiger partial charge in [-0.3, -0.25) is 10.3 Å². The van der Waals surface area contributed by atoms with Crippen molar-refractivity contribution in [2.75, 3.05) is 39.4 Å². The predicted octanol–water partition coefficient (Wildman–Crippen LogP) is -2.93. The summed E-state index contributed by atoms with van der Waals surface area (Å²) in [7, 11) is 0. The standard InChI is InChI=1S/C6H16N2O2.CH5N3/c7-1-2-8(3-5-9)4-6-10;2-1(3)4/h9-10H,1-7H2;(H5,2,3,4). The van der Waals surface area contributed by atoms with E-state index in [9.17, 15) is 0 Å². The highest BCUT2D eigenvalue weighted by atomic mass is 16.3. The zero-order chi connectivity index (χ0) is 11.4. The molecule has 0 aliphatic heterocycles. The number of nitrogens with two attached hydrogens (primary N) is 3. The number of aliphatic hydroxyl groups is 2. The highest BCUT2D eigenvalue weighted by Gasteiger charge is 1.99. The summed E-state index contributed by atoms with van der Waals surface area (Å²) in [5, 5.41) is 23.1. The first-order valence-electron chi connectivity index (χ1n) is 4.32. The van der Waals surface area contributed by atoms with Gasteiger partial charge in [0, 0.05) is 26.2 Å². The Morgan fingerprint density at radius 3 is 1.64 bits per heavy atom. The lowest BCUT2D eigenvalue weighted by molar-refractivity contribution is 0.164. The van der Waals surface area contributed by atoms with Gasteiger partial charge in [-0.25, -0.2) is 0 Å². The number of aliphatic hydroxyl groups excluding tert-OH is 2. The molecule has 0 unspecified atom stereocenters. The molecule has 0 rings (SSSR count). The van der Waals surface area contributed by atoms with Crippen LogP contribution in [0.2, 0.25) is 0 Å². The van der Waals surface area contributed by atoms with Crippen LogP contribution in [0.15, 0.2) is 0 Å². The molecule has 0 aliphatic rings. The molecule has 0 bridgehead atoms. The molecule has 0 fully saturated rings. The molecular weight excluding hydrogens is 186 g/mol. The van der Waals surface area contributed by atoms with Gasteiger partial charge in [0.15, 0.2) is 5.96 Å². The number of hydrogen-bond acceptors (Lipinski definition) is 5. The van der Waals surface area contributed by atoms with Crippen molar-refractivity contribution in [1.82, 2.24) is 4.90 Å². The Morgan fingerprint density at radius 2 is 1.43 bits per heavy atom. The maximum atomic E-state index is 8.53. The van der Waals surface area contributed by atoms with Crippen molar-refractivity contribution in [3.63, 3.8) is 0 Å². The first-order valence-corrected chi connectivity index (χ1v) is 4.32. The molecule has 0 aromatic carbocycles. The molecule has 0 aromatic rings. The molecule has 7 nitrogen and oxygen atoms in total. The molecule has 14 heavy (non-hydrogen) atoms. The number of guanidine groups is 1. The minimum absolute atomic E-state index is 0.125. The van der Waals surface area contributed by atoms with Crippen LogP contribution in [0.25, 0.3) is 0 Å². The second kappa shape index (κ2) is 12.1. The van der Waals surface area contributed by atoms with E-state index in [4.69, 9.17) is 21.4 Å². The van der Waals surface area contributed by atoms with Crippen molar-refractivity contribution in [3.8, 4) is 0 Å². The van der Waals surface area contributed by atoms with Crippen LogP contribution in [-0.4, -0.2) is 60.5 Å². The highest BCUT2D eigenvalue weighted by molar-refractivity contribution is 5.71. The number of nitrogens with zero attached hydrogens (tertiary/aromatic N) is 1. The summed E-state index contributed by atoms with van der Waals surface area (Å²) >= 11 is 0. The quantitative estimate of drug-likeness (QED) is 0.203. The lowest BCUT2D eigenvalue weighted by Gasteiger charge is -2.18. The minimum atomic E-state index is -0.333. The highest BCUT2D eigenvalue weighted by Crippen LogP contribution is 1.83. The Bertz CT molecular complexity index is 115. The van der Waals surface area contributed by atoms with Gasteiger partial charge in [0.25, 0.3) is 0 Å². The Hall–Kier alpha value is -0.890. The van der Waals surface area contributed by atoms with Gasteiger partial charge in [0.1, 0.15) is 0 Å². The molecule has 0 saturated carbocycles. The first-order chi connectivity index (χ1) is 6.58. The van der Waals surface area contributed by atoms with Crippen molar-refractivity contribution in [1.29, 1.82) is 5.41 Å². The number of hydrogen-bond donors (Lipinski definition) is 6. The smallest absolute Gasteiger partial charge is 0.183 e. The number of nitrogens with one attached hydrogen (secondary N) is 1. The zero-order valence-corrected chi connectivity index (χ0v) is 8.32. The van der Waals surface area contributed by atoms with Gasteiger partial charge in [-0.1, -0.05) is 0 Å². The van der Waals surface area contributed by atoms with Crippen molar-refractivity contribution in [2.45, 2.75) is 0 Å². The Balaban J connectivity index is 0. The molecule has 0 heterocycles. The van der Waals surface area contributed by atoms with E-state index < -0.39 is 0 Å². The van der Waals surface area contributed by atoms with Crippen LogP contribution in [0.4, 0.5) is 0 Å². The van der Waals surface area contributed by atoms with Gasteiger partial charge >= 0.3 is 0 Å². The zero-order valence-electron chi connectivity index (χ0n) is 8.32. The summed E-state index contributed by atoms with van der Waals surface area (Å²) < 4.78 is 0. The summed E-state index contributed by atoms with van der Waals surface area (Å²) in [6, 6.07) is 0. The second-order valence-corrected chi connectivity index (χ2v) is 2.53. The molecule has 86 valence electrons. The fourth-order valence-electron chi connectivity index (χ4n) is 0.801. The monoisotopic (exact) mass is 207 g/mol. The van der Waals surface area contributed by atoms with Gasteiger partial charge < -0.3 is 27.4 Å². The molecule has 0 spiro atoms. The SMILES string of the molecule is N=C(N)N.NCCN(CCO)CCO. The molecule has 7 heteroatoms. The third-order valence-electron chi connectivity index (χ3n) is 1.28. The maximum Gasteiger partial charge on any atom is 0.183 e. The Kier molecular flexibility index (Phi) is 13.5. The summed E-state index contributed by atoms with van der Waals surface area (Å²) in [5.74, 6) is -0.333. The topological polar surface area (TPSA) is 146 Å². The lowest BCUT2D eigenvalue weighted by Crippen LogP contribution is -2.34. The largest absolute Gasteiger partial charge is 0.395 e. The van der Waals surface area contributed by atoms with Crippen LogP contribution >= 0.6 is 0 Å². The first kappa shape index (κ1) is 15.6. The summed E-state index contributed by atoms with van der Waals surface area (Å²) in [6.07, 6.45) is 0. The molecule has 0 saturated heterocycles. The van der Waals surface area contributed by atoms with E-state index in [0.29, 0.717) is 19.6 Å². The summed E-state index contributed by atoms with van der Waals surface area (Å²) in [4.78, 5) is 1.92. The van der Waals surface area contributed by atoms with Crippen LogP contribution in [0.3, 0.4) is 0 Å². The fourth-order valence-corrected chi connectivity index (χ4v) is 0.801. The second-order valence-electron chi connectivity index (χ2n) is 2.53. The molecule has 0 radical (unpaired) electrons. The third-order valence-corrected chi connectivity index (χ3v) is 1.28. The summed E-state index contributed by atoms with van der Waals surface area (Å²) in [6.45, 7) is 2.75. The van der Waals surface area contributed by atoms with E-state index in [0.717, 1.165) is 6.54 Å². The molecule has 0 aliphatic carbocycles. The van der Waals surface area contributed by atoms with E-state index >= 15 is 0 Å². The molecule has 0 atom stereocenters. The average molecular weight is 207 g/mol. The third kappa shape index (κ3) is 17.3.